The van der Waals surface area contributed by atoms with Crippen LogP contribution in [0.15, 0.2) is 47.0 Å². The lowest BCUT2D eigenvalue weighted by Crippen LogP contribution is -2.31. The van der Waals surface area contributed by atoms with Crippen LogP contribution in [-0.4, -0.2) is 16.8 Å². The second-order valence-corrected chi connectivity index (χ2v) is 7.64. The third kappa shape index (κ3) is 2.89. The van der Waals surface area contributed by atoms with Crippen molar-refractivity contribution in [3.8, 4) is 0 Å². The lowest BCUT2D eigenvalue weighted by molar-refractivity contribution is -0.119. The number of thiophene rings is 1. The average molecular weight is 355 g/mol. The van der Waals surface area contributed by atoms with E-state index in [1.54, 1.807) is 18.7 Å². The molecule has 3 rings (SSSR count). The number of ketones is 1. The average Bonchev–Trinajstić information content (AvgIpc) is 3.17. The van der Waals surface area contributed by atoms with Crippen molar-refractivity contribution in [1.29, 1.82) is 0 Å². The van der Waals surface area contributed by atoms with Crippen LogP contribution in [0, 0.1) is 19.8 Å². The SMILES string of the molecule is Cc1ccc(C)c(N2C(=O)C(O)=C(C(=O)C(C)C)C2c2cccs2)c1. The molecule has 130 valence electrons. The quantitative estimate of drug-likeness (QED) is 0.879. The zero-order chi connectivity index (χ0) is 18.3. The highest BCUT2D eigenvalue weighted by atomic mass is 32.1. The monoisotopic (exact) mass is 355 g/mol. The minimum absolute atomic E-state index is 0.197. The van der Waals surface area contributed by atoms with E-state index in [0.717, 1.165) is 21.7 Å². The summed E-state index contributed by atoms with van der Waals surface area (Å²) in [6.45, 7) is 7.43. The molecule has 1 atom stereocenters. The number of benzene rings is 1. The van der Waals surface area contributed by atoms with Crippen molar-refractivity contribution >= 4 is 28.7 Å². The van der Waals surface area contributed by atoms with Gasteiger partial charge in [-0.2, -0.15) is 0 Å². The molecular weight excluding hydrogens is 334 g/mol. The Morgan fingerprint density at radius 3 is 2.56 bits per heavy atom. The van der Waals surface area contributed by atoms with Crippen LogP contribution in [0.1, 0.15) is 35.9 Å². The van der Waals surface area contributed by atoms with E-state index in [2.05, 4.69) is 0 Å². The molecule has 2 aromatic rings. The largest absolute Gasteiger partial charge is 0.503 e. The molecular formula is C20H21NO3S. The number of aliphatic hydroxyl groups excluding tert-OH is 1. The third-order valence-corrected chi connectivity index (χ3v) is 5.36. The Morgan fingerprint density at radius 2 is 1.96 bits per heavy atom. The number of aliphatic hydroxyl groups is 1. The lowest BCUT2D eigenvalue weighted by atomic mass is 9.94. The highest BCUT2D eigenvalue weighted by molar-refractivity contribution is 7.10. The Kier molecular flexibility index (Phi) is 4.52. The highest BCUT2D eigenvalue weighted by Gasteiger charge is 2.45. The molecule has 0 saturated carbocycles. The second-order valence-electron chi connectivity index (χ2n) is 6.66. The topological polar surface area (TPSA) is 57.6 Å². The zero-order valence-electron chi connectivity index (χ0n) is 14.7. The van der Waals surface area contributed by atoms with Gasteiger partial charge in [-0.05, 0) is 42.5 Å². The predicted octanol–water partition coefficient (Wildman–Crippen LogP) is 4.49. The summed E-state index contributed by atoms with van der Waals surface area (Å²) >= 11 is 1.47. The Labute approximate surface area is 151 Å². The van der Waals surface area contributed by atoms with Crippen LogP contribution in [0.2, 0.25) is 0 Å². The highest BCUT2D eigenvalue weighted by Crippen LogP contribution is 2.44. The van der Waals surface area contributed by atoms with E-state index in [1.807, 2.05) is 49.6 Å². The van der Waals surface area contributed by atoms with E-state index in [0.29, 0.717) is 0 Å². The van der Waals surface area contributed by atoms with Gasteiger partial charge < -0.3 is 5.11 Å². The minimum atomic E-state index is -0.581. The van der Waals surface area contributed by atoms with Gasteiger partial charge in [0.2, 0.25) is 0 Å². The molecule has 2 heterocycles. The number of carbonyl (C=O) groups excluding carboxylic acids is 2. The summed E-state index contributed by atoms with van der Waals surface area (Å²) in [5.74, 6) is -1.45. The fourth-order valence-corrected chi connectivity index (χ4v) is 3.93. The normalized spacial score (nSPS) is 17.7. The summed E-state index contributed by atoms with van der Waals surface area (Å²) in [5.41, 5.74) is 2.86. The number of hydrogen-bond acceptors (Lipinski definition) is 4. The summed E-state index contributed by atoms with van der Waals surface area (Å²) in [7, 11) is 0. The van der Waals surface area contributed by atoms with Crippen molar-refractivity contribution in [2.75, 3.05) is 4.90 Å². The molecule has 0 radical (unpaired) electrons. The summed E-state index contributed by atoms with van der Waals surface area (Å²) in [4.78, 5) is 28.0. The van der Waals surface area contributed by atoms with Gasteiger partial charge in [-0.1, -0.05) is 32.0 Å². The maximum atomic E-state index is 12.9. The van der Waals surface area contributed by atoms with Gasteiger partial charge in [0, 0.05) is 16.5 Å². The second kappa shape index (κ2) is 6.48. The molecule has 1 aliphatic heterocycles. The number of Topliss-reactive ketones (excluding diaryl/α,β-unsaturated/α-hetero) is 1. The molecule has 0 aliphatic carbocycles. The molecule has 25 heavy (non-hydrogen) atoms. The zero-order valence-corrected chi connectivity index (χ0v) is 15.6. The molecule has 5 heteroatoms. The maximum absolute atomic E-state index is 12.9. The molecule has 0 bridgehead atoms. The minimum Gasteiger partial charge on any atom is -0.503 e. The van der Waals surface area contributed by atoms with Crippen molar-refractivity contribution in [1.82, 2.24) is 0 Å². The molecule has 1 aromatic carbocycles. The molecule has 1 unspecified atom stereocenters. The van der Waals surface area contributed by atoms with Crippen LogP contribution in [0.5, 0.6) is 0 Å². The number of anilines is 1. The van der Waals surface area contributed by atoms with Gasteiger partial charge in [0.1, 0.15) is 6.04 Å². The standard InChI is InChI=1S/C20H21NO3S/c1-11(2)18(22)16-17(15-6-5-9-25-15)21(20(24)19(16)23)14-10-12(3)7-8-13(14)4/h5-11,17,23H,1-4H3. The first-order chi connectivity index (χ1) is 11.8. The number of aryl methyl sites for hydroxylation is 2. The first kappa shape index (κ1) is 17.4. The molecule has 0 fully saturated rings. The first-order valence-electron chi connectivity index (χ1n) is 8.24. The van der Waals surface area contributed by atoms with Crippen LogP contribution in [-0.2, 0) is 9.59 Å². The summed E-state index contributed by atoms with van der Waals surface area (Å²) in [6.07, 6.45) is 0. The Hall–Kier alpha value is -2.40. The third-order valence-electron chi connectivity index (χ3n) is 4.43. The van der Waals surface area contributed by atoms with Crippen molar-refractivity contribution in [2.24, 2.45) is 5.92 Å². The van der Waals surface area contributed by atoms with Gasteiger partial charge in [0.05, 0.1) is 5.57 Å². The van der Waals surface area contributed by atoms with E-state index in [4.69, 9.17) is 0 Å². The molecule has 1 amide bonds. The van der Waals surface area contributed by atoms with Gasteiger partial charge in [0.25, 0.3) is 5.91 Å². The van der Waals surface area contributed by atoms with E-state index in [-0.39, 0.29) is 17.3 Å². The van der Waals surface area contributed by atoms with Crippen molar-refractivity contribution in [3.05, 3.63) is 63.0 Å². The van der Waals surface area contributed by atoms with Crippen LogP contribution < -0.4 is 4.90 Å². The molecule has 1 aromatic heterocycles. The molecule has 1 aliphatic rings. The number of carbonyl (C=O) groups is 2. The fraction of sp³-hybridized carbons (Fsp3) is 0.300. The Morgan fingerprint density at radius 1 is 1.24 bits per heavy atom. The maximum Gasteiger partial charge on any atom is 0.294 e. The first-order valence-corrected chi connectivity index (χ1v) is 9.12. The Bertz CT molecular complexity index is 865. The molecule has 0 saturated heterocycles. The number of nitrogens with zero attached hydrogens (tertiary/aromatic N) is 1. The predicted molar refractivity (Wildman–Crippen MR) is 100.0 cm³/mol. The number of hydrogen-bond donors (Lipinski definition) is 1. The van der Waals surface area contributed by atoms with E-state index in [9.17, 15) is 14.7 Å². The van der Waals surface area contributed by atoms with E-state index < -0.39 is 17.7 Å². The van der Waals surface area contributed by atoms with Crippen molar-refractivity contribution < 1.29 is 14.7 Å². The van der Waals surface area contributed by atoms with Crippen molar-refractivity contribution in [3.63, 3.8) is 0 Å². The summed E-state index contributed by atoms with van der Waals surface area (Å²) < 4.78 is 0. The molecule has 0 spiro atoms. The van der Waals surface area contributed by atoms with Gasteiger partial charge in [0.15, 0.2) is 11.5 Å². The summed E-state index contributed by atoms with van der Waals surface area (Å²) in [6, 6.07) is 9.05. The van der Waals surface area contributed by atoms with Crippen LogP contribution >= 0.6 is 11.3 Å². The molecule has 1 N–H and O–H groups in total. The van der Waals surface area contributed by atoms with Gasteiger partial charge in [-0.25, -0.2) is 0 Å². The van der Waals surface area contributed by atoms with E-state index >= 15 is 0 Å². The summed E-state index contributed by atoms with van der Waals surface area (Å²) in [5, 5.41) is 12.4. The van der Waals surface area contributed by atoms with Crippen molar-refractivity contribution in [2.45, 2.75) is 33.7 Å². The Balaban J connectivity index is 2.21. The smallest absolute Gasteiger partial charge is 0.294 e. The van der Waals surface area contributed by atoms with Gasteiger partial charge in [-0.15, -0.1) is 11.3 Å². The number of rotatable bonds is 4. The van der Waals surface area contributed by atoms with Gasteiger partial charge in [-0.3, -0.25) is 14.5 Å². The van der Waals surface area contributed by atoms with Crippen LogP contribution in [0.25, 0.3) is 0 Å². The van der Waals surface area contributed by atoms with Crippen LogP contribution in [0.4, 0.5) is 5.69 Å². The van der Waals surface area contributed by atoms with Crippen LogP contribution in [0.3, 0.4) is 0 Å². The fourth-order valence-electron chi connectivity index (χ4n) is 3.11. The van der Waals surface area contributed by atoms with E-state index in [1.165, 1.54) is 11.3 Å². The molecule has 4 nitrogen and oxygen atoms in total. The number of amides is 1. The van der Waals surface area contributed by atoms with Gasteiger partial charge >= 0.3 is 0 Å². The lowest BCUT2D eigenvalue weighted by Gasteiger charge is -2.27.